The van der Waals surface area contributed by atoms with E-state index in [1.54, 1.807) is 18.2 Å². The van der Waals surface area contributed by atoms with Gasteiger partial charge in [-0.15, -0.1) is 0 Å². The van der Waals surface area contributed by atoms with Crippen LogP contribution in [0.4, 0.5) is 0 Å². The summed E-state index contributed by atoms with van der Waals surface area (Å²) in [6, 6.07) is 5.10. The van der Waals surface area contributed by atoms with Gasteiger partial charge < -0.3 is 19.7 Å². The van der Waals surface area contributed by atoms with E-state index in [0.717, 1.165) is 25.4 Å². The Morgan fingerprint density at radius 3 is 2.50 bits per heavy atom. The van der Waals surface area contributed by atoms with E-state index in [1.165, 1.54) is 25.7 Å². The van der Waals surface area contributed by atoms with Gasteiger partial charge in [0.15, 0.2) is 11.5 Å². The van der Waals surface area contributed by atoms with Gasteiger partial charge in [0.2, 0.25) is 5.91 Å². The number of hydrogen-bond acceptors (Lipinski definition) is 4. The van der Waals surface area contributed by atoms with E-state index in [-0.39, 0.29) is 18.4 Å². The van der Waals surface area contributed by atoms with Gasteiger partial charge >= 0.3 is 0 Å². The number of nitrogens with one attached hydrogen (secondary N) is 1. The maximum Gasteiger partial charge on any atom is 0.251 e. The Bertz CT molecular complexity index is 691. The number of carbonyl (C=O) groups is 2. The summed E-state index contributed by atoms with van der Waals surface area (Å²) in [4.78, 5) is 27.0. The number of piperidine rings is 1. The summed E-state index contributed by atoms with van der Waals surface area (Å²) < 4.78 is 11.1. The van der Waals surface area contributed by atoms with Gasteiger partial charge in [-0.25, -0.2) is 0 Å². The van der Waals surface area contributed by atoms with Crippen LogP contribution in [0, 0.1) is 11.8 Å². The third kappa shape index (κ3) is 4.97. The predicted octanol–water partition coefficient (Wildman–Crippen LogP) is 3.25. The summed E-state index contributed by atoms with van der Waals surface area (Å²) in [5, 5.41) is 2.76. The van der Waals surface area contributed by atoms with Crippen molar-refractivity contribution in [1.29, 1.82) is 0 Å². The first-order valence-electron chi connectivity index (χ1n) is 10.6. The van der Waals surface area contributed by atoms with Gasteiger partial charge in [0, 0.05) is 18.7 Å². The van der Waals surface area contributed by atoms with Crippen LogP contribution < -0.4 is 14.8 Å². The number of carbonyl (C=O) groups excluding carboxylic acids is 2. The lowest BCUT2D eigenvalue weighted by molar-refractivity contribution is -0.133. The Hall–Kier alpha value is -2.24. The van der Waals surface area contributed by atoms with Gasteiger partial charge in [-0.3, -0.25) is 9.59 Å². The number of nitrogens with zero attached hydrogens (tertiary/aromatic N) is 1. The van der Waals surface area contributed by atoms with Crippen molar-refractivity contribution in [3.8, 4) is 11.5 Å². The highest BCUT2D eigenvalue weighted by Gasteiger charge is 2.32. The number of amides is 2. The largest absolute Gasteiger partial charge is 0.490 e. The summed E-state index contributed by atoms with van der Waals surface area (Å²) in [5.41, 5.74) is 0.464. The fourth-order valence-corrected chi connectivity index (χ4v) is 4.39. The topological polar surface area (TPSA) is 67.9 Å². The van der Waals surface area contributed by atoms with E-state index in [2.05, 4.69) is 5.32 Å². The zero-order chi connectivity index (χ0) is 19.9. The summed E-state index contributed by atoms with van der Waals surface area (Å²) in [6.45, 7) is 6.49. The monoisotopic (exact) mass is 388 g/mol. The molecule has 6 heteroatoms. The second-order valence-electron chi connectivity index (χ2n) is 7.64. The normalized spacial score (nSPS) is 21.6. The Kier molecular flexibility index (Phi) is 7.18. The molecule has 2 amide bonds. The summed E-state index contributed by atoms with van der Waals surface area (Å²) >= 11 is 0. The quantitative estimate of drug-likeness (QED) is 0.779. The highest BCUT2D eigenvalue weighted by molar-refractivity contribution is 5.97. The molecular formula is C22H32N2O4. The Morgan fingerprint density at radius 1 is 1.04 bits per heavy atom. The fraction of sp³-hybridized carbons (Fsp3) is 0.636. The number of likely N-dealkylation sites (tertiary alicyclic amines) is 1. The SMILES string of the molecule is CCOc1ccc(C(=O)NCC(=O)N2CC[C@@H]3CCCC[C@@H]3C2)cc1OCC. The fourth-order valence-electron chi connectivity index (χ4n) is 4.39. The molecule has 1 aromatic rings. The van der Waals surface area contributed by atoms with Gasteiger partial charge in [0.25, 0.3) is 5.91 Å². The minimum absolute atomic E-state index is 0.00772. The van der Waals surface area contributed by atoms with Crippen LogP contribution in [-0.2, 0) is 4.79 Å². The molecule has 1 saturated carbocycles. The molecule has 2 aliphatic rings. The lowest BCUT2D eigenvalue weighted by Gasteiger charge is -2.41. The first-order valence-corrected chi connectivity index (χ1v) is 10.6. The molecule has 1 heterocycles. The van der Waals surface area contributed by atoms with Crippen molar-refractivity contribution >= 4 is 11.8 Å². The highest BCUT2D eigenvalue weighted by atomic mass is 16.5. The lowest BCUT2D eigenvalue weighted by atomic mass is 9.75. The molecule has 28 heavy (non-hydrogen) atoms. The van der Waals surface area contributed by atoms with Crippen molar-refractivity contribution in [2.45, 2.75) is 46.0 Å². The number of fused-ring (bicyclic) bond motifs is 1. The molecule has 1 aliphatic carbocycles. The van der Waals surface area contributed by atoms with Gasteiger partial charge in [0.05, 0.1) is 19.8 Å². The van der Waals surface area contributed by atoms with E-state index in [9.17, 15) is 9.59 Å². The molecule has 0 radical (unpaired) electrons. The van der Waals surface area contributed by atoms with E-state index in [4.69, 9.17) is 9.47 Å². The van der Waals surface area contributed by atoms with Crippen molar-refractivity contribution in [2.24, 2.45) is 11.8 Å². The van der Waals surface area contributed by atoms with Crippen molar-refractivity contribution in [3.05, 3.63) is 23.8 Å². The molecule has 1 aromatic carbocycles. The molecule has 0 aromatic heterocycles. The molecule has 2 atom stereocenters. The molecule has 3 rings (SSSR count). The van der Waals surface area contributed by atoms with Crippen molar-refractivity contribution in [3.63, 3.8) is 0 Å². The Labute approximate surface area is 167 Å². The number of rotatable bonds is 7. The number of benzene rings is 1. The average molecular weight is 389 g/mol. The van der Waals surface area contributed by atoms with Crippen LogP contribution in [0.15, 0.2) is 18.2 Å². The van der Waals surface area contributed by atoms with Crippen molar-refractivity contribution in [1.82, 2.24) is 10.2 Å². The van der Waals surface area contributed by atoms with Crippen LogP contribution in [-0.4, -0.2) is 49.6 Å². The number of ether oxygens (including phenoxy) is 2. The smallest absolute Gasteiger partial charge is 0.251 e. The van der Waals surface area contributed by atoms with Crippen LogP contribution in [0.2, 0.25) is 0 Å². The maximum atomic E-state index is 12.6. The zero-order valence-electron chi connectivity index (χ0n) is 17.0. The van der Waals surface area contributed by atoms with E-state index < -0.39 is 0 Å². The molecule has 1 N–H and O–H groups in total. The number of hydrogen-bond donors (Lipinski definition) is 1. The van der Waals surface area contributed by atoms with E-state index in [1.807, 2.05) is 18.7 Å². The first kappa shape index (κ1) is 20.5. The van der Waals surface area contributed by atoms with E-state index in [0.29, 0.717) is 36.2 Å². The molecular weight excluding hydrogens is 356 g/mol. The second kappa shape index (κ2) is 9.80. The van der Waals surface area contributed by atoms with E-state index >= 15 is 0 Å². The van der Waals surface area contributed by atoms with Crippen LogP contribution in [0.25, 0.3) is 0 Å². The van der Waals surface area contributed by atoms with Crippen LogP contribution >= 0.6 is 0 Å². The highest BCUT2D eigenvalue weighted by Crippen LogP contribution is 2.36. The van der Waals surface area contributed by atoms with Gasteiger partial charge in [-0.2, -0.15) is 0 Å². The molecule has 2 fully saturated rings. The average Bonchev–Trinajstić information content (AvgIpc) is 2.73. The van der Waals surface area contributed by atoms with Gasteiger partial charge in [-0.05, 0) is 56.7 Å². The van der Waals surface area contributed by atoms with Gasteiger partial charge in [-0.1, -0.05) is 19.3 Å². The standard InChI is InChI=1S/C22H32N2O4/c1-3-27-19-10-9-17(13-20(19)28-4-2)22(26)23-14-21(25)24-12-11-16-7-5-6-8-18(16)15-24/h9-10,13,16,18H,3-8,11-12,14-15H2,1-2H3,(H,23,26)/t16-,18+/m0/s1. The summed E-state index contributed by atoms with van der Waals surface area (Å²) in [7, 11) is 0. The second-order valence-corrected chi connectivity index (χ2v) is 7.64. The van der Waals surface area contributed by atoms with Gasteiger partial charge in [0.1, 0.15) is 0 Å². The Morgan fingerprint density at radius 2 is 1.75 bits per heavy atom. The predicted molar refractivity (Wildman–Crippen MR) is 108 cm³/mol. The molecule has 6 nitrogen and oxygen atoms in total. The first-order chi connectivity index (χ1) is 13.6. The molecule has 1 saturated heterocycles. The third-order valence-electron chi connectivity index (χ3n) is 5.85. The minimum Gasteiger partial charge on any atom is -0.490 e. The van der Waals surface area contributed by atoms with Crippen molar-refractivity contribution in [2.75, 3.05) is 32.8 Å². The lowest BCUT2D eigenvalue weighted by Crippen LogP contribution is -2.48. The third-order valence-corrected chi connectivity index (χ3v) is 5.85. The molecule has 0 bridgehead atoms. The van der Waals surface area contributed by atoms with Crippen LogP contribution in [0.3, 0.4) is 0 Å². The molecule has 0 unspecified atom stereocenters. The van der Waals surface area contributed by atoms with Crippen molar-refractivity contribution < 1.29 is 19.1 Å². The molecule has 154 valence electrons. The van der Waals surface area contributed by atoms with Crippen LogP contribution in [0.1, 0.15) is 56.3 Å². The summed E-state index contributed by atoms with van der Waals surface area (Å²) in [5.74, 6) is 2.32. The molecule has 1 aliphatic heterocycles. The summed E-state index contributed by atoms with van der Waals surface area (Å²) in [6.07, 6.45) is 6.24. The molecule has 0 spiro atoms. The Balaban J connectivity index is 1.54. The van der Waals surface area contributed by atoms with Crippen LogP contribution in [0.5, 0.6) is 11.5 Å². The maximum absolute atomic E-state index is 12.6. The minimum atomic E-state index is -0.273. The zero-order valence-corrected chi connectivity index (χ0v) is 17.0.